The van der Waals surface area contributed by atoms with Crippen molar-refractivity contribution in [2.24, 2.45) is 0 Å². The van der Waals surface area contributed by atoms with Crippen LogP contribution < -0.4 is 0 Å². The third-order valence-corrected chi connectivity index (χ3v) is 9.32. The Hall–Kier alpha value is -6.85. The van der Waals surface area contributed by atoms with E-state index < -0.39 is 0 Å². The molecular weight excluding hydrogens is 615 g/mol. The van der Waals surface area contributed by atoms with Crippen LogP contribution in [0.3, 0.4) is 0 Å². The predicted octanol–water partition coefficient (Wildman–Crippen LogP) is 12.0. The van der Waals surface area contributed by atoms with E-state index in [9.17, 15) is 0 Å². The molecule has 0 radical (unpaired) electrons. The summed E-state index contributed by atoms with van der Waals surface area (Å²) in [5.74, 6) is 1.77. The van der Waals surface area contributed by atoms with Crippen molar-refractivity contribution in [3.05, 3.63) is 164 Å². The van der Waals surface area contributed by atoms with Crippen LogP contribution in [0.4, 0.5) is 0 Å². The summed E-state index contributed by atoms with van der Waals surface area (Å²) in [4.78, 5) is 15.2. The summed E-state index contributed by atoms with van der Waals surface area (Å²) >= 11 is 0. The Balaban J connectivity index is 1.21. The molecule has 0 saturated heterocycles. The lowest BCUT2D eigenvalue weighted by Crippen LogP contribution is -2.00. The first kappa shape index (κ1) is 28.2. The number of aromatic nitrogens is 3. The molecule has 0 spiro atoms. The van der Waals surface area contributed by atoms with Crippen molar-refractivity contribution in [3.63, 3.8) is 0 Å². The molecule has 0 bridgehead atoms. The summed E-state index contributed by atoms with van der Waals surface area (Å²) in [5, 5.41) is 4.25. The standard InChI is InChI=1S/C45H27N3O2/c1-3-12-28(13-4-1)30-16-11-17-32(24-30)44-46-43(29-14-5-2-6-15-29)47-45(48-44)33-26-36(42-35-19-8-10-21-39(35)50-41(42)27-33)31-22-23-40-37(25-31)34-18-7-9-20-38(34)49-40/h1-27H. The minimum atomic E-state index is 0.567. The average Bonchev–Trinajstić information content (AvgIpc) is 3.76. The van der Waals surface area contributed by atoms with Gasteiger partial charge >= 0.3 is 0 Å². The molecular formula is C45H27N3O2. The third-order valence-electron chi connectivity index (χ3n) is 9.32. The van der Waals surface area contributed by atoms with Crippen molar-refractivity contribution in [1.82, 2.24) is 15.0 Å². The first-order valence-electron chi connectivity index (χ1n) is 16.6. The van der Waals surface area contributed by atoms with Gasteiger partial charge in [-0.3, -0.25) is 0 Å². The van der Waals surface area contributed by atoms with Crippen LogP contribution in [0.2, 0.25) is 0 Å². The van der Waals surface area contributed by atoms with Gasteiger partial charge < -0.3 is 8.83 Å². The lowest BCUT2D eigenvalue weighted by molar-refractivity contribution is 0.669. The van der Waals surface area contributed by atoms with Crippen LogP contribution in [0.1, 0.15) is 0 Å². The molecule has 5 nitrogen and oxygen atoms in total. The van der Waals surface area contributed by atoms with Gasteiger partial charge in [-0.2, -0.15) is 0 Å². The lowest BCUT2D eigenvalue weighted by Gasteiger charge is -2.11. The van der Waals surface area contributed by atoms with Gasteiger partial charge in [0.15, 0.2) is 17.5 Å². The molecule has 3 heterocycles. The highest BCUT2D eigenvalue weighted by molar-refractivity contribution is 6.15. The van der Waals surface area contributed by atoms with E-state index in [2.05, 4.69) is 97.1 Å². The van der Waals surface area contributed by atoms with Gasteiger partial charge in [0.25, 0.3) is 0 Å². The van der Waals surface area contributed by atoms with Gasteiger partial charge in [0, 0.05) is 38.2 Å². The summed E-state index contributed by atoms with van der Waals surface area (Å²) < 4.78 is 12.7. The number of furan rings is 2. The second-order valence-corrected chi connectivity index (χ2v) is 12.4. The molecule has 0 N–H and O–H groups in total. The number of fused-ring (bicyclic) bond motifs is 6. The van der Waals surface area contributed by atoms with Crippen LogP contribution in [-0.4, -0.2) is 15.0 Å². The van der Waals surface area contributed by atoms with Crippen LogP contribution >= 0.6 is 0 Å². The van der Waals surface area contributed by atoms with Gasteiger partial charge in [0.1, 0.15) is 22.3 Å². The van der Waals surface area contributed by atoms with Crippen molar-refractivity contribution < 1.29 is 8.83 Å². The summed E-state index contributed by atoms with van der Waals surface area (Å²) in [6, 6.07) is 55.7. The van der Waals surface area contributed by atoms with Crippen molar-refractivity contribution in [1.29, 1.82) is 0 Å². The monoisotopic (exact) mass is 641 g/mol. The maximum atomic E-state index is 6.52. The minimum absolute atomic E-state index is 0.567. The van der Waals surface area contributed by atoms with E-state index in [1.807, 2.05) is 66.7 Å². The Morgan fingerprint density at radius 3 is 1.64 bits per heavy atom. The maximum absolute atomic E-state index is 6.52. The second-order valence-electron chi connectivity index (χ2n) is 12.4. The van der Waals surface area contributed by atoms with Gasteiger partial charge in [-0.15, -0.1) is 0 Å². The number of benzene rings is 7. The molecule has 10 rings (SSSR count). The predicted molar refractivity (Wildman–Crippen MR) is 202 cm³/mol. The number of nitrogens with zero attached hydrogens (tertiary/aromatic N) is 3. The van der Waals surface area contributed by atoms with Gasteiger partial charge in [0.2, 0.25) is 0 Å². The molecule has 0 atom stereocenters. The second kappa shape index (κ2) is 11.4. The highest BCUT2D eigenvalue weighted by Gasteiger charge is 2.19. The van der Waals surface area contributed by atoms with E-state index in [1.165, 1.54) is 0 Å². The summed E-state index contributed by atoms with van der Waals surface area (Å²) in [5.41, 5.74) is 10.3. The molecule has 0 aliphatic carbocycles. The van der Waals surface area contributed by atoms with Gasteiger partial charge in [-0.25, -0.2) is 15.0 Å². The molecule has 7 aromatic carbocycles. The Bertz CT molecular complexity index is 2870. The van der Waals surface area contributed by atoms with E-state index in [1.54, 1.807) is 0 Å². The van der Waals surface area contributed by atoms with Crippen molar-refractivity contribution in [3.8, 4) is 56.4 Å². The van der Waals surface area contributed by atoms with Crippen LogP contribution in [0.5, 0.6) is 0 Å². The normalized spacial score (nSPS) is 11.6. The lowest BCUT2D eigenvalue weighted by atomic mass is 9.95. The van der Waals surface area contributed by atoms with E-state index in [0.29, 0.717) is 17.5 Å². The van der Waals surface area contributed by atoms with Crippen LogP contribution in [-0.2, 0) is 0 Å². The molecule has 234 valence electrons. The molecule has 0 fully saturated rings. The summed E-state index contributed by atoms with van der Waals surface area (Å²) in [6.07, 6.45) is 0. The van der Waals surface area contributed by atoms with Crippen LogP contribution in [0, 0.1) is 0 Å². The van der Waals surface area contributed by atoms with Gasteiger partial charge in [0.05, 0.1) is 0 Å². The molecule has 0 amide bonds. The molecule has 0 aliphatic rings. The summed E-state index contributed by atoms with van der Waals surface area (Å²) in [7, 11) is 0. The van der Waals surface area contributed by atoms with Crippen molar-refractivity contribution in [2.45, 2.75) is 0 Å². The largest absolute Gasteiger partial charge is 0.456 e. The number of hydrogen-bond acceptors (Lipinski definition) is 5. The number of para-hydroxylation sites is 2. The Morgan fingerprint density at radius 2 is 0.860 bits per heavy atom. The smallest absolute Gasteiger partial charge is 0.164 e. The summed E-state index contributed by atoms with van der Waals surface area (Å²) in [6.45, 7) is 0. The molecule has 5 heteroatoms. The van der Waals surface area contributed by atoms with Crippen molar-refractivity contribution >= 4 is 43.9 Å². The quantitative estimate of drug-likeness (QED) is 0.187. The Labute approximate surface area is 287 Å². The number of rotatable bonds is 5. The molecule has 0 unspecified atom stereocenters. The first-order valence-corrected chi connectivity index (χ1v) is 16.6. The van der Waals surface area contributed by atoms with E-state index in [0.717, 1.165) is 82.8 Å². The topological polar surface area (TPSA) is 65.0 Å². The fourth-order valence-corrected chi connectivity index (χ4v) is 6.92. The fraction of sp³-hybridized carbons (Fsp3) is 0. The molecule has 50 heavy (non-hydrogen) atoms. The SMILES string of the molecule is c1ccc(-c2cccc(-c3nc(-c4ccccc4)nc(-c4cc(-c5ccc6oc7ccccc7c6c5)c5c(c4)oc4ccccc45)n3)c2)cc1. The van der Waals surface area contributed by atoms with E-state index in [-0.39, 0.29) is 0 Å². The van der Waals surface area contributed by atoms with Gasteiger partial charge in [-0.05, 0) is 64.7 Å². The third kappa shape index (κ3) is 4.75. The highest BCUT2D eigenvalue weighted by Crippen LogP contribution is 2.41. The zero-order valence-corrected chi connectivity index (χ0v) is 26.7. The Morgan fingerprint density at radius 1 is 0.300 bits per heavy atom. The van der Waals surface area contributed by atoms with Crippen molar-refractivity contribution in [2.75, 3.05) is 0 Å². The zero-order chi connectivity index (χ0) is 33.0. The molecule has 0 saturated carbocycles. The van der Waals surface area contributed by atoms with Crippen LogP contribution in [0.25, 0.3) is 100 Å². The molecule has 3 aromatic heterocycles. The van der Waals surface area contributed by atoms with Crippen LogP contribution in [0.15, 0.2) is 173 Å². The van der Waals surface area contributed by atoms with E-state index >= 15 is 0 Å². The Kier molecular flexibility index (Phi) is 6.42. The maximum Gasteiger partial charge on any atom is 0.164 e. The van der Waals surface area contributed by atoms with Gasteiger partial charge in [-0.1, -0.05) is 121 Å². The highest BCUT2D eigenvalue weighted by atomic mass is 16.3. The minimum Gasteiger partial charge on any atom is -0.456 e. The molecule has 10 aromatic rings. The average molecular weight is 642 g/mol. The molecule has 0 aliphatic heterocycles. The first-order chi connectivity index (χ1) is 24.7. The zero-order valence-electron chi connectivity index (χ0n) is 26.7. The fourth-order valence-electron chi connectivity index (χ4n) is 6.92. The van der Waals surface area contributed by atoms with E-state index in [4.69, 9.17) is 23.8 Å². The number of hydrogen-bond donors (Lipinski definition) is 0.